The van der Waals surface area contributed by atoms with Gasteiger partial charge in [0, 0.05) is 6.16 Å². The zero-order chi connectivity index (χ0) is 25.5. The molecule has 0 spiro atoms. The number of ether oxygens (including phenoxy) is 1. The van der Waals surface area contributed by atoms with Crippen molar-refractivity contribution in [3.8, 4) is 5.75 Å². The lowest BCUT2D eigenvalue weighted by Crippen LogP contribution is -2.08. The highest BCUT2D eigenvalue weighted by molar-refractivity contribution is 7.51. The van der Waals surface area contributed by atoms with E-state index in [-0.39, 0.29) is 6.16 Å². The number of rotatable bonds is 18. The summed E-state index contributed by atoms with van der Waals surface area (Å²) in [4.78, 5) is 17.8. The third kappa shape index (κ3) is 13.3. The average Bonchev–Trinajstić information content (AvgIpc) is 2.81. The lowest BCUT2D eigenvalue weighted by Gasteiger charge is -2.18. The van der Waals surface area contributed by atoms with Gasteiger partial charge in [-0.2, -0.15) is 0 Å². The zero-order valence-corrected chi connectivity index (χ0v) is 23.1. The second-order valence-corrected chi connectivity index (χ2v) is 11.9. The first-order chi connectivity index (χ1) is 16.8. The molecule has 0 aliphatic carbocycles. The Morgan fingerprint density at radius 1 is 0.800 bits per heavy atom. The van der Waals surface area contributed by atoms with Gasteiger partial charge in [0.25, 0.3) is 0 Å². The Morgan fingerprint density at radius 3 is 2.17 bits per heavy atom. The van der Waals surface area contributed by atoms with Gasteiger partial charge < -0.3 is 14.5 Å². The van der Waals surface area contributed by atoms with Gasteiger partial charge in [0.1, 0.15) is 5.75 Å². The van der Waals surface area contributed by atoms with Crippen molar-refractivity contribution in [2.45, 2.75) is 97.8 Å². The first kappa shape index (κ1) is 29.6. The lowest BCUT2D eigenvalue weighted by molar-refractivity contribution is 0.286. The van der Waals surface area contributed by atoms with Gasteiger partial charge in [-0.05, 0) is 92.7 Å². The van der Waals surface area contributed by atoms with Gasteiger partial charge in [-0.15, -0.1) is 0 Å². The molecule has 4 nitrogen and oxygen atoms in total. The Labute approximate surface area is 213 Å². The molecule has 1 atom stereocenters. The van der Waals surface area contributed by atoms with E-state index in [1.807, 2.05) is 12.1 Å². The van der Waals surface area contributed by atoms with Gasteiger partial charge in [-0.1, -0.05) is 75.8 Å². The van der Waals surface area contributed by atoms with Crippen molar-refractivity contribution in [3.63, 3.8) is 0 Å². The summed E-state index contributed by atoms with van der Waals surface area (Å²) < 4.78 is 16.9. The van der Waals surface area contributed by atoms with Crippen LogP contribution in [0.1, 0.15) is 93.4 Å². The van der Waals surface area contributed by atoms with Gasteiger partial charge in [-0.3, -0.25) is 4.57 Å². The van der Waals surface area contributed by atoms with Crippen LogP contribution in [0.3, 0.4) is 0 Å². The van der Waals surface area contributed by atoms with E-state index in [1.165, 1.54) is 60.8 Å². The van der Waals surface area contributed by atoms with Gasteiger partial charge in [0.2, 0.25) is 0 Å². The molecule has 0 heterocycles. The van der Waals surface area contributed by atoms with Gasteiger partial charge in [0.15, 0.2) is 0 Å². The van der Waals surface area contributed by atoms with E-state index >= 15 is 0 Å². The normalized spacial score (nSPS) is 12.6. The van der Waals surface area contributed by atoms with Crippen molar-refractivity contribution >= 4 is 7.60 Å². The van der Waals surface area contributed by atoms with Gasteiger partial charge >= 0.3 is 7.60 Å². The summed E-state index contributed by atoms with van der Waals surface area (Å²) in [6, 6.07) is 15.2. The van der Waals surface area contributed by atoms with E-state index in [9.17, 15) is 4.57 Å². The molecule has 0 amide bonds. The van der Waals surface area contributed by atoms with Crippen molar-refractivity contribution in [1.82, 2.24) is 0 Å². The second-order valence-electron chi connectivity index (χ2n) is 10.2. The number of benzene rings is 2. The fourth-order valence-electron chi connectivity index (χ4n) is 4.61. The summed E-state index contributed by atoms with van der Waals surface area (Å²) in [5.41, 5.74) is 5.47. The Bertz CT molecular complexity index is 888. The van der Waals surface area contributed by atoms with Crippen LogP contribution in [0.25, 0.3) is 0 Å². The van der Waals surface area contributed by atoms with Crippen molar-refractivity contribution in [3.05, 3.63) is 64.7 Å². The molecule has 2 N–H and O–H groups in total. The summed E-state index contributed by atoms with van der Waals surface area (Å²) in [6.45, 7) is 7.41. The van der Waals surface area contributed by atoms with Crippen LogP contribution in [0.2, 0.25) is 0 Å². The number of hydrogen-bond acceptors (Lipinski definition) is 2. The first-order valence-electron chi connectivity index (χ1n) is 13.6. The lowest BCUT2D eigenvalue weighted by atomic mass is 9.89. The maximum Gasteiger partial charge on any atom is 0.325 e. The summed E-state index contributed by atoms with van der Waals surface area (Å²) in [6.07, 6.45) is 13.3. The molecule has 35 heavy (non-hydrogen) atoms. The van der Waals surface area contributed by atoms with Gasteiger partial charge in [0.05, 0.1) is 6.61 Å². The molecule has 0 aromatic heterocycles. The van der Waals surface area contributed by atoms with Crippen LogP contribution in [-0.4, -0.2) is 22.6 Å². The van der Waals surface area contributed by atoms with Crippen LogP contribution in [0.4, 0.5) is 0 Å². The molecule has 0 aliphatic heterocycles. The molecular weight excluding hydrogens is 455 g/mol. The highest BCUT2D eigenvalue weighted by atomic mass is 31.2. The topological polar surface area (TPSA) is 66.8 Å². The Hall–Kier alpha value is -1.61. The molecule has 0 saturated heterocycles. The molecule has 1 unspecified atom stereocenters. The minimum absolute atomic E-state index is 0.00989. The van der Waals surface area contributed by atoms with Crippen molar-refractivity contribution in [2.75, 3.05) is 12.8 Å². The van der Waals surface area contributed by atoms with Crippen LogP contribution in [-0.2, 0) is 17.4 Å². The molecule has 0 aliphatic rings. The van der Waals surface area contributed by atoms with Crippen molar-refractivity contribution in [2.24, 2.45) is 5.92 Å². The van der Waals surface area contributed by atoms with Crippen LogP contribution in [0.15, 0.2) is 42.5 Å². The van der Waals surface area contributed by atoms with Crippen LogP contribution in [0, 0.1) is 19.8 Å². The smallest absolute Gasteiger partial charge is 0.325 e. The van der Waals surface area contributed by atoms with Crippen molar-refractivity contribution < 1.29 is 19.1 Å². The summed E-state index contributed by atoms with van der Waals surface area (Å²) >= 11 is 0. The number of aryl methyl sites for hydroxylation is 3. The van der Waals surface area contributed by atoms with E-state index in [4.69, 9.17) is 14.5 Å². The maximum atomic E-state index is 10.9. The third-order valence-corrected chi connectivity index (χ3v) is 7.82. The largest absolute Gasteiger partial charge is 0.494 e. The SMILES string of the molecule is CCCCCCC(CCCOc1ccc(CCCCCP(=O)(O)O)cc1)Cc1ccc(C)c(C)c1. The molecular formula is C30H47O4P. The quantitative estimate of drug-likeness (QED) is 0.159. The van der Waals surface area contributed by atoms with E-state index in [0.717, 1.165) is 44.5 Å². The monoisotopic (exact) mass is 502 g/mol. The highest BCUT2D eigenvalue weighted by Gasteiger charge is 2.12. The van der Waals surface area contributed by atoms with E-state index in [0.29, 0.717) is 12.3 Å². The van der Waals surface area contributed by atoms with Crippen LogP contribution < -0.4 is 4.74 Å². The standard InChI is InChI=1S/C30H47O4P/c1-4-5-6-8-13-28(24-29-16-15-25(2)26(3)23-29)14-11-21-34-30-19-17-27(18-20-30)12-9-7-10-22-35(31,32)33/h15-20,23,28H,4-14,21-22,24H2,1-3H3,(H2,31,32,33). The summed E-state index contributed by atoms with van der Waals surface area (Å²) in [7, 11) is -3.85. The van der Waals surface area contributed by atoms with E-state index < -0.39 is 7.60 Å². The highest BCUT2D eigenvalue weighted by Crippen LogP contribution is 2.35. The first-order valence-corrected chi connectivity index (χ1v) is 15.4. The minimum Gasteiger partial charge on any atom is -0.494 e. The fraction of sp³-hybridized carbons (Fsp3) is 0.600. The number of unbranched alkanes of at least 4 members (excludes halogenated alkanes) is 5. The third-order valence-electron chi connectivity index (χ3n) is 6.93. The maximum absolute atomic E-state index is 10.9. The molecule has 5 heteroatoms. The Kier molecular flexibility index (Phi) is 13.7. The summed E-state index contributed by atoms with van der Waals surface area (Å²) in [5.74, 6) is 1.63. The molecule has 2 rings (SSSR count). The minimum atomic E-state index is -3.85. The van der Waals surface area contributed by atoms with Gasteiger partial charge in [-0.25, -0.2) is 0 Å². The predicted molar refractivity (Wildman–Crippen MR) is 148 cm³/mol. The molecule has 0 radical (unpaired) electrons. The Morgan fingerprint density at radius 2 is 1.49 bits per heavy atom. The Balaban J connectivity index is 1.72. The molecule has 2 aromatic rings. The van der Waals surface area contributed by atoms with Crippen LogP contribution >= 0.6 is 7.60 Å². The second kappa shape index (κ2) is 16.2. The predicted octanol–water partition coefficient (Wildman–Crippen LogP) is 8.18. The number of hydrogen-bond donors (Lipinski definition) is 2. The summed E-state index contributed by atoms with van der Waals surface area (Å²) in [5, 5.41) is 0. The average molecular weight is 503 g/mol. The zero-order valence-electron chi connectivity index (χ0n) is 22.2. The molecule has 0 fully saturated rings. The molecule has 0 saturated carbocycles. The van der Waals surface area contributed by atoms with E-state index in [1.54, 1.807) is 0 Å². The molecule has 196 valence electrons. The van der Waals surface area contributed by atoms with Crippen LogP contribution in [0.5, 0.6) is 5.75 Å². The van der Waals surface area contributed by atoms with E-state index in [2.05, 4.69) is 51.1 Å². The van der Waals surface area contributed by atoms with Crippen molar-refractivity contribution in [1.29, 1.82) is 0 Å². The molecule has 2 aromatic carbocycles. The fourth-order valence-corrected chi connectivity index (χ4v) is 5.25. The molecule has 0 bridgehead atoms.